The molecule has 0 saturated heterocycles. The highest BCUT2D eigenvalue weighted by molar-refractivity contribution is 8.14. The van der Waals surface area contributed by atoms with E-state index in [0.717, 1.165) is 27.0 Å². The zero-order chi connectivity index (χ0) is 17.4. The second kappa shape index (κ2) is 9.50. The summed E-state index contributed by atoms with van der Waals surface area (Å²) in [5.41, 5.74) is 3.25. The normalized spacial score (nSPS) is 11.9. The van der Waals surface area contributed by atoms with Gasteiger partial charge in [-0.1, -0.05) is 41.6 Å². The number of halogens is 1. The monoisotopic (exact) mass is 357 g/mol. The molecule has 2 rings (SSSR count). The van der Waals surface area contributed by atoms with E-state index in [9.17, 15) is 4.39 Å². The minimum absolute atomic E-state index is 0.220. The molecule has 0 bridgehead atoms. The molecule has 0 atom stereocenters. The fourth-order valence-electron chi connectivity index (χ4n) is 1.75. The molecule has 0 amide bonds. The first-order chi connectivity index (χ1) is 11.5. The Morgan fingerprint density at radius 1 is 1.12 bits per heavy atom. The van der Waals surface area contributed by atoms with Crippen LogP contribution in [0.15, 0.2) is 82.1 Å². The molecule has 4 heteroatoms. The molecule has 24 heavy (non-hydrogen) atoms. The average Bonchev–Trinajstić information content (AvgIpc) is 2.56. The van der Waals surface area contributed by atoms with Gasteiger partial charge in [0.15, 0.2) is 0 Å². The number of thioether (sulfide) groups is 2. The number of nitrogens with zero attached hydrogens (tertiary/aromatic N) is 1. The van der Waals surface area contributed by atoms with Crippen LogP contribution in [0.2, 0.25) is 0 Å². The van der Waals surface area contributed by atoms with Crippen molar-refractivity contribution in [1.82, 2.24) is 0 Å². The van der Waals surface area contributed by atoms with Gasteiger partial charge in [0.25, 0.3) is 0 Å². The molecule has 0 aliphatic rings. The van der Waals surface area contributed by atoms with Gasteiger partial charge in [0.1, 0.15) is 5.82 Å². The highest BCUT2D eigenvalue weighted by Gasteiger charge is 1.99. The summed E-state index contributed by atoms with van der Waals surface area (Å²) < 4.78 is 12.9. The molecular formula is C20H20FNS2. The van der Waals surface area contributed by atoms with Crippen LogP contribution in [0.4, 0.5) is 10.1 Å². The lowest BCUT2D eigenvalue weighted by Crippen LogP contribution is -1.90. The van der Waals surface area contributed by atoms with Gasteiger partial charge in [0.2, 0.25) is 0 Å². The second-order valence-electron chi connectivity index (χ2n) is 5.41. The summed E-state index contributed by atoms with van der Waals surface area (Å²) in [6, 6.07) is 14.6. The van der Waals surface area contributed by atoms with Crippen molar-refractivity contribution in [1.29, 1.82) is 0 Å². The van der Waals surface area contributed by atoms with E-state index in [4.69, 9.17) is 4.99 Å². The molecule has 2 aromatic rings. The zero-order valence-corrected chi connectivity index (χ0v) is 15.5. The Bertz CT molecular complexity index is 731. The third-order valence-corrected chi connectivity index (χ3v) is 4.94. The molecule has 0 aliphatic heterocycles. The minimum atomic E-state index is -0.220. The van der Waals surface area contributed by atoms with Crippen molar-refractivity contribution < 1.29 is 4.39 Å². The molecule has 0 spiro atoms. The van der Waals surface area contributed by atoms with Crippen molar-refractivity contribution in [2.75, 3.05) is 5.75 Å². The lowest BCUT2D eigenvalue weighted by atomic mass is 10.2. The Morgan fingerprint density at radius 3 is 2.42 bits per heavy atom. The van der Waals surface area contributed by atoms with Crippen LogP contribution >= 0.6 is 23.5 Å². The van der Waals surface area contributed by atoms with Gasteiger partial charge in [0.05, 0.1) is 10.7 Å². The topological polar surface area (TPSA) is 12.4 Å². The SMILES string of the molecule is C=C(C)CSC(C=CSc1ccc(F)cc1)=Nc1ccc(C)cc1. The summed E-state index contributed by atoms with van der Waals surface area (Å²) in [6.07, 6.45) is 1.99. The molecular weight excluding hydrogens is 337 g/mol. The molecule has 0 aliphatic carbocycles. The molecule has 0 aromatic heterocycles. The number of aryl methyl sites for hydroxylation is 1. The fourth-order valence-corrected chi connectivity index (χ4v) is 3.21. The highest BCUT2D eigenvalue weighted by atomic mass is 32.2. The summed E-state index contributed by atoms with van der Waals surface area (Å²) in [4.78, 5) is 5.69. The van der Waals surface area contributed by atoms with Crippen LogP contribution in [0.5, 0.6) is 0 Å². The number of hydrogen-bond acceptors (Lipinski definition) is 3. The summed E-state index contributed by atoms with van der Waals surface area (Å²) in [7, 11) is 0. The van der Waals surface area contributed by atoms with Crippen LogP contribution in [0, 0.1) is 12.7 Å². The third kappa shape index (κ3) is 6.77. The molecule has 1 nitrogen and oxygen atoms in total. The largest absolute Gasteiger partial charge is 0.242 e. The third-order valence-electron chi connectivity index (χ3n) is 2.97. The first-order valence-electron chi connectivity index (χ1n) is 7.54. The van der Waals surface area contributed by atoms with Crippen LogP contribution in [0.3, 0.4) is 0 Å². The van der Waals surface area contributed by atoms with Crippen LogP contribution in [0.1, 0.15) is 12.5 Å². The highest BCUT2D eigenvalue weighted by Crippen LogP contribution is 2.22. The first kappa shape index (κ1) is 18.6. The Labute approximate surface area is 151 Å². The number of aliphatic imine (C=N–C) groups is 1. The zero-order valence-electron chi connectivity index (χ0n) is 13.8. The van der Waals surface area contributed by atoms with Gasteiger partial charge in [-0.25, -0.2) is 9.38 Å². The lowest BCUT2D eigenvalue weighted by molar-refractivity contribution is 0.626. The fraction of sp³-hybridized carbons (Fsp3) is 0.150. The lowest BCUT2D eigenvalue weighted by Gasteiger charge is -2.03. The van der Waals surface area contributed by atoms with E-state index in [2.05, 4.69) is 25.6 Å². The van der Waals surface area contributed by atoms with E-state index >= 15 is 0 Å². The van der Waals surface area contributed by atoms with Gasteiger partial charge in [-0.3, -0.25) is 0 Å². The Kier molecular flexibility index (Phi) is 7.35. The molecule has 124 valence electrons. The van der Waals surface area contributed by atoms with Crippen LogP contribution in [0.25, 0.3) is 0 Å². The van der Waals surface area contributed by atoms with Crippen molar-refractivity contribution in [3.05, 3.63) is 83.5 Å². The molecule has 0 N–H and O–H groups in total. The molecule has 0 fully saturated rings. The van der Waals surface area contributed by atoms with E-state index in [1.807, 2.05) is 30.5 Å². The molecule has 0 unspecified atom stereocenters. The van der Waals surface area contributed by atoms with Gasteiger partial charge < -0.3 is 0 Å². The Hall–Kier alpha value is -1.78. The van der Waals surface area contributed by atoms with Crippen molar-refractivity contribution in [2.24, 2.45) is 4.99 Å². The van der Waals surface area contributed by atoms with Gasteiger partial charge in [0, 0.05) is 10.6 Å². The maximum absolute atomic E-state index is 12.9. The minimum Gasteiger partial charge on any atom is -0.242 e. The van der Waals surface area contributed by atoms with Crippen LogP contribution < -0.4 is 0 Å². The summed E-state index contributed by atoms with van der Waals surface area (Å²) in [5.74, 6) is 0.609. The Morgan fingerprint density at radius 2 is 1.79 bits per heavy atom. The average molecular weight is 358 g/mol. The summed E-state index contributed by atoms with van der Waals surface area (Å²) >= 11 is 3.20. The molecule has 2 aromatic carbocycles. The van der Waals surface area contributed by atoms with E-state index < -0.39 is 0 Å². The van der Waals surface area contributed by atoms with Crippen molar-refractivity contribution in [3.8, 4) is 0 Å². The van der Waals surface area contributed by atoms with Crippen LogP contribution in [-0.4, -0.2) is 10.8 Å². The predicted octanol–water partition coefficient (Wildman–Crippen LogP) is 6.78. The molecule has 0 radical (unpaired) electrons. The smallest absolute Gasteiger partial charge is 0.123 e. The van der Waals surface area contributed by atoms with Gasteiger partial charge in [-0.15, -0.1) is 11.8 Å². The summed E-state index contributed by atoms with van der Waals surface area (Å²) in [5, 5.41) is 2.91. The van der Waals surface area contributed by atoms with E-state index in [1.54, 1.807) is 35.7 Å². The first-order valence-corrected chi connectivity index (χ1v) is 9.41. The van der Waals surface area contributed by atoms with Gasteiger partial charge in [-0.2, -0.15) is 0 Å². The number of rotatable bonds is 6. The number of hydrogen-bond donors (Lipinski definition) is 0. The quantitative estimate of drug-likeness (QED) is 0.244. The van der Waals surface area contributed by atoms with Gasteiger partial charge >= 0.3 is 0 Å². The maximum Gasteiger partial charge on any atom is 0.123 e. The molecule has 0 saturated carbocycles. The van der Waals surface area contributed by atoms with E-state index in [-0.39, 0.29) is 5.82 Å². The Balaban J connectivity index is 2.09. The molecule has 0 heterocycles. The van der Waals surface area contributed by atoms with Gasteiger partial charge in [-0.05, 0) is 61.7 Å². The summed E-state index contributed by atoms with van der Waals surface area (Å²) in [6.45, 7) is 8.01. The number of benzene rings is 2. The van der Waals surface area contributed by atoms with Crippen molar-refractivity contribution >= 4 is 34.3 Å². The standard InChI is InChI=1S/C20H20FNS2/c1-15(2)14-24-20(22-18-8-4-16(3)5-9-18)12-13-23-19-10-6-17(21)7-11-19/h4-13H,1,14H2,2-3H3. The van der Waals surface area contributed by atoms with E-state index in [1.165, 1.54) is 17.7 Å². The van der Waals surface area contributed by atoms with Crippen molar-refractivity contribution in [3.63, 3.8) is 0 Å². The maximum atomic E-state index is 12.9. The second-order valence-corrected chi connectivity index (χ2v) is 7.38. The van der Waals surface area contributed by atoms with Crippen LogP contribution in [-0.2, 0) is 0 Å². The predicted molar refractivity (Wildman–Crippen MR) is 107 cm³/mol. The van der Waals surface area contributed by atoms with Crippen molar-refractivity contribution in [2.45, 2.75) is 18.7 Å². The van der Waals surface area contributed by atoms with E-state index in [0.29, 0.717) is 0 Å².